The Labute approximate surface area is 280 Å². The number of amides is 3. The Bertz CT molecular complexity index is 930. The third-order valence-corrected chi connectivity index (χ3v) is 8.28. The highest BCUT2D eigenvalue weighted by Crippen LogP contribution is 2.24. The van der Waals surface area contributed by atoms with Crippen molar-refractivity contribution in [2.24, 2.45) is 5.92 Å². The first-order chi connectivity index (χ1) is 22.8. The lowest BCUT2D eigenvalue weighted by atomic mass is 9.97. The lowest BCUT2D eigenvalue weighted by molar-refractivity contribution is -0.270. The molecule has 0 aromatic rings. The molecule has 0 saturated carbocycles. The molecule has 2 rings (SSSR count). The fraction of sp³-hybridized carbons (Fsp3) is 0.871. The molecule has 0 aromatic heterocycles. The van der Waals surface area contributed by atoms with Gasteiger partial charge in [-0.15, -0.1) is 0 Å². The van der Waals surface area contributed by atoms with Gasteiger partial charge >= 0.3 is 0 Å². The van der Waals surface area contributed by atoms with Crippen molar-refractivity contribution < 1.29 is 68.8 Å². The molecule has 2 saturated heterocycles. The van der Waals surface area contributed by atoms with Gasteiger partial charge in [0.05, 0.1) is 13.2 Å². The number of ketones is 1. The number of carbonyl (C=O) groups is 4. The molecule has 0 aromatic carbocycles. The van der Waals surface area contributed by atoms with Crippen molar-refractivity contribution >= 4 is 23.5 Å². The third kappa shape index (κ3) is 13.9. The summed E-state index contributed by atoms with van der Waals surface area (Å²) in [4.78, 5) is 47.7. The van der Waals surface area contributed by atoms with E-state index in [1.165, 1.54) is 13.8 Å². The van der Waals surface area contributed by atoms with Crippen molar-refractivity contribution in [3.05, 3.63) is 0 Å². The predicted octanol–water partition coefficient (Wildman–Crippen LogP) is -2.65. The van der Waals surface area contributed by atoms with Crippen LogP contribution < -0.4 is 16.0 Å². The fourth-order valence-electron chi connectivity index (χ4n) is 5.45. The Morgan fingerprint density at radius 3 is 1.58 bits per heavy atom. The number of Topliss-reactive ketones (excluding diaryl/α,β-unsaturated/α-hetero) is 1. The van der Waals surface area contributed by atoms with E-state index in [0.717, 1.165) is 0 Å². The average Bonchev–Trinajstić information content (AvgIpc) is 3.04. The van der Waals surface area contributed by atoms with Crippen LogP contribution in [0.5, 0.6) is 0 Å². The van der Waals surface area contributed by atoms with E-state index in [1.54, 1.807) is 0 Å². The Morgan fingerprint density at radius 2 is 1.15 bits per heavy atom. The van der Waals surface area contributed by atoms with E-state index in [2.05, 4.69) is 16.0 Å². The molecule has 9 N–H and O–H groups in total. The zero-order chi connectivity index (χ0) is 35.8. The van der Waals surface area contributed by atoms with Crippen LogP contribution in [0.15, 0.2) is 0 Å². The first-order valence-electron chi connectivity index (χ1n) is 16.6. The molecule has 17 nitrogen and oxygen atoms in total. The molecule has 2 aliphatic heterocycles. The number of hydrogen-bond donors (Lipinski definition) is 9. The molecule has 0 bridgehead atoms. The van der Waals surface area contributed by atoms with Gasteiger partial charge in [-0.2, -0.15) is 0 Å². The van der Waals surface area contributed by atoms with Crippen LogP contribution in [-0.2, 0) is 38.1 Å². The minimum absolute atomic E-state index is 0.0760. The molecule has 5 unspecified atom stereocenters. The number of aliphatic hydroxyl groups excluding tert-OH is 6. The van der Waals surface area contributed by atoms with E-state index in [0.29, 0.717) is 51.5 Å². The predicted molar refractivity (Wildman–Crippen MR) is 167 cm³/mol. The molecule has 0 spiro atoms. The second kappa shape index (κ2) is 21.7. The molecule has 2 fully saturated rings. The third-order valence-electron chi connectivity index (χ3n) is 8.28. The van der Waals surface area contributed by atoms with Crippen LogP contribution in [-0.4, -0.2) is 148 Å². The summed E-state index contributed by atoms with van der Waals surface area (Å²) in [5.41, 5.74) is 0. The van der Waals surface area contributed by atoms with E-state index >= 15 is 0 Å². The van der Waals surface area contributed by atoms with Crippen molar-refractivity contribution in [2.75, 3.05) is 33.0 Å². The van der Waals surface area contributed by atoms with Crippen molar-refractivity contribution in [3.8, 4) is 0 Å². The van der Waals surface area contributed by atoms with Gasteiger partial charge in [0.25, 0.3) is 0 Å². The summed E-state index contributed by atoms with van der Waals surface area (Å²) in [5.74, 6) is -0.882. The van der Waals surface area contributed by atoms with Gasteiger partial charge in [0, 0.05) is 52.9 Å². The van der Waals surface area contributed by atoms with Crippen molar-refractivity contribution in [1.82, 2.24) is 16.0 Å². The van der Waals surface area contributed by atoms with Gasteiger partial charge in [0.1, 0.15) is 54.5 Å². The van der Waals surface area contributed by atoms with Crippen LogP contribution in [0.1, 0.15) is 72.1 Å². The van der Waals surface area contributed by atoms with Crippen molar-refractivity contribution in [3.63, 3.8) is 0 Å². The number of rotatable bonds is 21. The topological polar surface area (TPSA) is 263 Å². The average molecular weight is 694 g/mol. The first-order valence-corrected chi connectivity index (χ1v) is 16.6. The standard InChI is InChI=1S/C31H55N3O14/c1-17(10-11-20(39)8-4-6-12-45-30-24(33-18(2)37)28(43)26(41)21(15-35)47-30)14-32-23(40)9-5-7-13-46-31-25(34-19(3)38)29(44)27(42)22(16-36)48-31/h17,21-22,24-31,35-36,41-44H,4-16H2,1-3H3,(H,32,40)(H,33,37)(H,34,38)/t17?,21?,22?,24?,25?,26-,27-,28+,29+,30+,31+/m0/s1. The SMILES string of the molecule is CC(=O)NC1[C@H](OCCCCC(=O)CCC(C)CNC(=O)CCCCO[C@@H]2OC(CO)[C@H](O)[C@H](O)C2NC(C)=O)OC(CO)[C@H](O)[C@@H]1O. The van der Waals surface area contributed by atoms with Gasteiger partial charge in [0.15, 0.2) is 12.6 Å². The Hall–Kier alpha value is -2.32. The monoisotopic (exact) mass is 693 g/mol. The molecule has 0 aliphatic carbocycles. The van der Waals surface area contributed by atoms with Crippen LogP contribution in [0, 0.1) is 5.92 Å². The number of hydrogen-bond acceptors (Lipinski definition) is 14. The number of nitrogens with one attached hydrogen (secondary N) is 3. The summed E-state index contributed by atoms with van der Waals surface area (Å²) in [7, 11) is 0. The van der Waals surface area contributed by atoms with Gasteiger partial charge in [-0.1, -0.05) is 6.92 Å². The molecule has 2 heterocycles. The maximum absolute atomic E-state index is 12.4. The highest BCUT2D eigenvalue weighted by atomic mass is 16.7. The van der Waals surface area contributed by atoms with E-state index in [-0.39, 0.29) is 37.2 Å². The summed E-state index contributed by atoms with van der Waals surface area (Å²) < 4.78 is 22.3. The molecule has 278 valence electrons. The second-order valence-electron chi connectivity index (χ2n) is 12.5. The first kappa shape index (κ1) is 41.8. The number of unbranched alkanes of at least 4 members (excludes halogenated alkanes) is 2. The molecular weight excluding hydrogens is 638 g/mol. The van der Waals surface area contributed by atoms with Gasteiger partial charge in [-0.3, -0.25) is 19.2 Å². The van der Waals surface area contributed by atoms with E-state index in [9.17, 15) is 49.8 Å². The molecule has 11 atom stereocenters. The van der Waals surface area contributed by atoms with E-state index in [1.807, 2.05) is 6.92 Å². The van der Waals surface area contributed by atoms with Crippen molar-refractivity contribution in [1.29, 1.82) is 0 Å². The minimum Gasteiger partial charge on any atom is -0.394 e. The molecular formula is C31H55N3O14. The Balaban J connectivity index is 1.57. The number of ether oxygens (including phenoxy) is 4. The Morgan fingerprint density at radius 1 is 0.688 bits per heavy atom. The summed E-state index contributed by atoms with van der Waals surface area (Å²) in [6, 6.07) is -2.04. The number of carbonyl (C=O) groups excluding carboxylic acids is 4. The molecule has 2 aliphatic rings. The smallest absolute Gasteiger partial charge is 0.220 e. The van der Waals surface area contributed by atoms with Crippen LogP contribution in [0.4, 0.5) is 0 Å². The van der Waals surface area contributed by atoms with Gasteiger partial charge in [-0.25, -0.2) is 0 Å². The molecule has 48 heavy (non-hydrogen) atoms. The summed E-state index contributed by atoms with van der Waals surface area (Å²) in [6.07, 6.45) is -6.27. The van der Waals surface area contributed by atoms with Crippen LogP contribution in [0.3, 0.4) is 0 Å². The van der Waals surface area contributed by atoms with Crippen LogP contribution in [0.25, 0.3) is 0 Å². The molecule has 17 heteroatoms. The summed E-state index contributed by atoms with van der Waals surface area (Å²) >= 11 is 0. The van der Waals surface area contributed by atoms with Gasteiger partial charge in [0.2, 0.25) is 17.7 Å². The maximum atomic E-state index is 12.4. The molecule has 3 amide bonds. The highest BCUT2D eigenvalue weighted by molar-refractivity contribution is 5.78. The van der Waals surface area contributed by atoms with Gasteiger partial charge < -0.3 is 65.5 Å². The zero-order valence-corrected chi connectivity index (χ0v) is 28.0. The normalized spacial score (nSPS) is 31.1. The summed E-state index contributed by atoms with van der Waals surface area (Å²) in [6.45, 7) is 4.12. The second-order valence-corrected chi connectivity index (χ2v) is 12.5. The lowest BCUT2D eigenvalue weighted by Crippen LogP contribution is -2.64. The van der Waals surface area contributed by atoms with E-state index < -0.39 is 86.3 Å². The zero-order valence-electron chi connectivity index (χ0n) is 28.0. The Kier molecular flexibility index (Phi) is 18.9. The van der Waals surface area contributed by atoms with Crippen molar-refractivity contribution in [2.45, 2.75) is 133 Å². The quantitative estimate of drug-likeness (QED) is 0.0557. The largest absolute Gasteiger partial charge is 0.394 e. The fourth-order valence-corrected chi connectivity index (χ4v) is 5.45. The van der Waals surface area contributed by atoms with Crippen LogP contribution >= 0.6 is 0 Å². The minimum atomic E-state index is -1.40. The van der Waals surface area contributed by atoms with Gasteiger partial charge in [-0.05, 0) is 38.0 Å². The highest BCUT2D eigenvalue weighted by Gasteiger charge is 2.46. The number of aliphatic hydroxyl groups is 6. The summed E-state index contributed by atoms with van der Waals surface area (Å²) in [5, 5.41) is 67.4. The molecule has 0 radical (unpaired) electrons. The lowest BCUT2D eigenvalue weighted by Gasteiger charge is -2.42. The van der Waals surface area contributed by atoms with E-state index in [4.69, 9.17) is 18.9 Å². The maximum Gasteiger partial charge on any atom is 0.220 e. The van der Waals surface area contributed by atoms with Crippen LogP contribution in [0.2, 0.25) is 0 Å².